The van der Waals surface area contributed by atoms with Crippen LogP contribution in [0, 0.1) is 34.0 Å². The van der Waals surface area contributed by atoms with Crippen LogP contribution in [0.2, 0.25) is 0 Å². The van der Waals surface area contributed by atoms with Crippen LogP contribution in [0.25, 0.3) is 0 Å². The second kappa shape index (κ2) is 10.5. The molecule has 0 bridgehead atoms. The third-order valence-corrected chi connectivity index (χ3v) is 9.95. The first kappa shape index (κ1) is 30.2. The molecule has 4 rings (SSSR count). The van der Waals surface area contributed by atoms with E-state index in [9.17, 15) is 29.1 Å². The van der Waals surface area contributed by atoms with E-state index < -0.39 is 53.3 Å². The molecule has 0 heterocycles. The van der Waals surface area contributed by atoms with Crippen LogP contribution in [0.5, 0.6) is 0 Å². The van der Waals surface area contributed by atoms with Gasteiger partial charge < -0.3 is 19.7 Å². The number of hydrogen-bond donors (Lipinski definition) is 2. The van der Waals surface area contributed by atoms with E-state index in [-0.39, 0.29) is 60.6 Å². The molecule has 7 atom stereocenters. The number of aliphatic carboxylic acids is 1. The van der Waals surface area contributed by atoms with Gasteiger partial charge in [-0.05, 0) is 61.5 Å². The third kappa shape index (κ3) is 5.41. The molecule has 3 saturated carbocycles. The van der Waals surface area contributed by atoms with Crippen molar-refractivity contribution in [3.8, 4) is 0 Å². The lowest BCUT2D eigenvalue weighted by atomic mass is 9.46. The zero-order valence-electron chi connectivity index (χ0n) is 24.2. The minimum atomic E-state index is -1.79. The maximum absolute atomic E-state index is 13.5. The molecular weight excluding hydrogens is 516 g/mol. The second-order valence-electron chi connectivity index (χ2n) is 13.8. The molecule has 0 amide bonds. The Morgan fingerprint density at radius 3 is 2.42 bits per heavy atom. The summed E-state index contributed by atoms with van der Waals surface area (Å²) >= 11 is 0. The highest BCUT2D eigenvalue weighted by Gasteiger charge is 2.69. The maximum Gasteiger partial charge on any atom is 0.306 e. The van der Waals surface area contributed by atoms with Crippen molar-refractivity contribution in [3.05, 3.63) is 23.8 Å². The average molecular weight is 559 g/mol. The zero-order valence-corrected chi connectivity index (χ0v) is 24.2. The van der Waals surface area contributed by atoms with Gasteiger partial charge in [-0.3, -0.25) is 24.0 Å². The Kier molecular flexibility index (Phi) is 7.95. The number of carbonyl (C=O) groups is 5. The Labute approximate surface area is 235 Å². The molecule has 0 aromatic rings. The molecule has 9 nitrogen and oxygen atoms in total. The normalized spacial score (nSPS) is 36.5. The molecule has 0 aromatic heterocycles. The van der Waals surface area contributed by atoms with Gasteiger partial charge in [-0.2, -0.15) is 0 Å². The van der Waals surface area contributed by atoms with Gasteiger partial charge in [0.25, 0.3) is 0 Å². The predicted molar refractivity (Wildman–Crippen MR) is 144 cm³/mol. The van der Waals surface area contributed by atoms with Crippen LogP contribution in [0.1, 0.15) is 86.0 Å². The summed E-state index contributed by atoms with van der Waals surface area (Å²) in [6, 6.07) is 0. The Balaban J connectivity index is 1.64. The Bertz CT molecular complexity index is 1160. The summed E-state index contributed by atoms with van der Waals surface area (Å²) in [5.74, 6) is -3.10. The lowest BCUT2D eigenvalue weighted by molar-refractivity contribution is -0.194. The summed E-state index contributed by atoms with van der Waals surface area (Å²) in [6.07, 6.45) is 6.57. The summed E-state index contributed by atoms with van der Waals surface area (Å²) in [6.45, 7) is 9.20. The van der Waals surface area contributed by atoms with Gasteiger partial charge in [0.15, 0.2) is 12.4 Å². The molecular formula is C31H42O9. The Morgan fingerprint density at radius 2 is 1.77 bits per heavy atom. The number of allylic oxidation sites excluding steroid dienone is 4. The molecule has 0 aromatic carbocycles. The molecule has 2 N–H and O–H groups in total. The highest BCUT2D eigenvalue weighted by molar-refractivity contribution is 6.01. The zero-order chi connectivity index (χ0) is 29.7. The van der Waals surface area contributed by atoms with Crippen molar-refractivity contribution < 1.29 is 43.7 Å². The van der Waals surface area contributed by atoms with Crippen molar-refractivity contribution in [2.45, 2.75) is 97.7 Å². The van der Waals surface area contributed by atoms with Crippen LogP contribution in [0.15, 0.2) is 23.8 Å². The van der Waals surface area contributed by atoms with Gasteiger partial charge in [-0.25, -0.2) is 0 Å². The second-order valence-corrected chi connectivity index (χ2v) is 13.8. The molecule has 4 aliphatic rings. The Hall–Kier alpha value is -2.81. The standard InChI is InChI=1S/C31H42O9/c1-28(2,3)16-26(37)40-22-15-30(5)21(20-7-6-18-14-19(32)10-12-29(18,4)27(20)22)11-13-31(30,38)23(33)17-39-25(36)9-8-24(34)35/h10,12,14,20-22,27,38H,6-9,11,13,15-17H2,1-5H3,(H,34,35)/t20-,21-,22?,27+,29-,30-,31-/m0/s1. The summed E-state index contributed by atoms with van der Waals surface area (Å²) in [4.78, 5) is 61.6. The third-order valence-electron chi connectivity index (χ3n) is 9.95. The van der Waals surface area contributed by atoms with Crippen molar-refractivity contribution in [1.82, 2.24) is 0 Å². The molecule has 220 valence electrons. The van der Waals surface area contributed by atoms with E-state index in [1.54, 1.807) is 12.2 Å². The SMILES string of the molecule is CC(C)(C)CC(=O)OC1C[C@@]2(C)[C@@H](CC[C@]2(O)C(=O)COC(=O)CCC(=O)O)[C@@H]2CCC3=CC(=O)C=C[C@]3(C)[C@@H]12. The number of rotatable bonds is 8. The number of carboxylic acids is 1. The van der Waals surface area contributed by atoms with Crippen molar-refractivity contribution >= 4 is 29.5 Å². The molecule has 0 aliphatic heterocycles. The van der Waals surface area contributed by atoms with Crippen molar-refractivity contribution in [3.63, 3.8) is 0 Å². The fourth-order valence-corrected chi connectivity index (χ4v) is 8.05. The van der Waals surface area contributed by atoms with Crippen LogP contribution in [-0.2, 0) is 33.4 Å². The van der Waals surface area contributed by atoms with E-state index in [1.165, 1.54) is 0 Å². The number of fused-ring (bicyclic) bond motifs is 5. The maximum atomic E-state index is 13.5. The number of aliphatic hydroxyl groups is 1. The quantitative estimate of drug-likeness (QED) is 0.423. The average Bonchev–Trinajstić information content (AvgIpc) is 3.11. The fourth-order valence-electron chi connectivity index (χ4n) is 8.05. The molecule has 0 saturated heterocycles. The first-order valence-corrected chi connectivity index (χ1v) is 14.3. The van der Waals surface area contributed by atoms with Gasteiger partial charge in [-0.15, -0.1) is 0 Å². The van der Waals surface area contributed by atoms with Gasteiger partial charge in [0, 0.05) is 16.7 Å². The summed E-state index contributed by atoms with van der Waals surface area (Å²) < 4.78 is 11.3. The number of carboxylic acid groups (broad SMARTS) is 1. The number of hydrogen-bond acceptors (Lipinski definition) is 8. The Morgan fingerprint density at radius 1 is 1.07 bits per heavy atom. The van der Waals surface area contributed by atoms with E-state index in [0.717, 1.165) is 12.0 Å². The monoisotopic (exact) mass is 558 g/mol. The van der Waals surface area contributed by atoms with Crippen molar-refractivity contribution in [2.24, 2.45) is 34.0 Å². The lowest BCUT2D eigenvalue weighted by Gasteiger charge is -2.60. The summed E-state index contributed by atoms with van der Waals surface area (Å²) in [5.41, 5.74) is -2.48. The predicted octanol–water partition coefficient (Wildman–Crippen LogP) is 3.96. The minimum absolute atomic E-state index is 0.0335. The lowest BCUT2D eigenvalue weighted by Crippen LogP contribution is -2.62. The molecule has 1 unspecified atom stereocenters. The molecule has 9 heteroatoms. The van der Waals surface area contributed by atoms with Crippen LogP contribution in [0.4, 0.5) is 0 Å². The van der Waals surface area contributed by atoms with E-state index in [0.29, 0.717) is 12.8 Å². The number of ketones is 2. The van der Waals surface area contributed by atoms with Gasteiger partial charge in [0.2, 0.25) is 5.78 Å². The van der Waals surface area contributed by atoms with E-state index >= 15 is 0 Å². The highest BCUT2D eigenvalue weighted by Crippen LogP contribution is 2.67. The molecule has 3 fully saturated rings. The first-order valence-electron chi connectivity index (χ1n) is 14.3. The van der Waals surface area contributed by atoms with Crippen molar-refractivity contribution in [2.75, 3.05) is 6.61 Å². The molecule has 0 radical (unpaired) electrons. The minimum Gasteiger partial charge on any atom is -0.481 e. The first-order chi connectivity index (χ1) is 18.5. The molecule has 0 spiro atoms. The van der Waals surface area contributed by atoms with Crippen LogP contribution >= 0.6 is 0 Å². The fraction of sp³-hybridized carbons (Fsp3) is 0.710. The van der Waals surface area contributed by atoms with Crippen LogP contribution in [0.3, 0.4) is 0 Å². The topological polar surface area (TPSA) is 144 Å². The number of Topliss-reactive ketones (excluding diaryl/α,β-unsaturated/α-hetero) is 1. The van der Waals surface area contributed by atoms with Gasteiger partial charge >= 0.3 is 17.9 Å². The molecule has 4 aliphatic carbocycles. The van der Waals surface area contributed by atoms with Gasteiger partial charge in [0.1, 0.15) is 11.7 Å². The van der Waals surface area contributed by atoms with Gasteiger partial charge in [-0.1, -0.05) is 46.3 Å². The van der Waals surface area contributed by atoms with Crippen LogP contribution < -0.4 is 0 Å². The molecule has 40 heavy (non-hydrogen) atoms. The number of ether oxygens (including phenoxy) is 2. The number of esters is 2. The van der Waals surface area contributed by atoms with E-state index in [2.05, 4.69) is 6.92 Å². The van der Waals surface area contributed by atoms with Gasteiger partial charge in [0.05, 0.1) is 19.3 Å². The largest absolute Gasteiger partial charge is 0.481 e. The summed E-state index contributed by atoms with van der Waals surface area (Å²) in [5, 5.41) is 20.7. The number of carbonyl (C=O) groups excluding carboxylic acids is 4. The van der Waals surface area contributed by atoms with E-state index in [1.807, 2.05) is 33.8 Å². The van der Waals surface area contributed by atoms with E-state index in [4.69, 9.17) is 14.6 Å². The van der Waals surface area contributed by atoms with Crippen LogP contribution in [-0.4, -0.2) is 58.0 Å². The summed E-state index contributed by atoms with van der Waals surface area (Å²) in [7, 11) is 0. The van der Waals surface area contributed by atoms with Crippen molar-refractivity contribution in [1.29, 1.82) is 0 Å². The highest BCUT2D eigenvalue weighted by atomic mass is 16.5. The smallest absolute Gasteiger partial charge is 0.306 e.